The first-order chi connectivity index (χ1) is 9.11. The molecular formula is C15H21BrFNO. The van der Waals surface area contributed by atoms with Crippen molar-refractivity contribution in [3.63, 3.8) is 0 Å². The van der Waals surface area contributed by atoms with E-state index in [0.29, 0.717) is 6.42 Å². The summed E-state index contributed by atoms with van der Waals surface area (Å²) >= 11 is 3.40. The largest absolute Gasteiger partial charge is 0.377 e. The molecule has 1 fully saturated rings. The van der Waals surface area contributed by atoms with E-state index in [1.807, 2.05) is 13.1 Å². The summed E-state index contributed by atoms with van der Waals surface area (Å²) in [4.78, 5) is 0. The summed E-state index contributed by atoms with van der Waals surface area (Å²) in [6, 6.07) is 5.25. The first-order valence-electron chi connectivity index (χ1n) is 6.77. The second-order valence-corrected chi connectivity index (χ2v) is 6.17. The van der Waals surface area contributed by atoms with Crippen LogP contribution in [0.4, 0.5) is 4.39 Å². The monoisotopic (exact) mass is 329 g/mol. The molecule has 1 N–H and O–H groups in total. The molecule has 0 aromatic heterocycles. The molecule has 106 valence electrons. The van der Waals surface area contributed by atoms with Crippen LogP contribution in [0.1, 0.15) is 31.2 Å². The molecule has 0 bridgehead atoms. The van der Waals surface area contributed by atoms with Crippen molar-refractivity contribution in [2.75, 3.05) is 14.2 Å². The average molecular weight is 330 g/mol. The third-order valence-corrected chi connectivity index (χ3v) is 4.77. The Bertz CT molecular complexity index is 432. The molecule has 2 nitrogen and oxygen atoms in total. The molecule has 0 radical (unpaired) electrons. The number of halogens is 2. The Morgan fingerprint density at radius 1 is 1.42 bits per heavy atom. The Morgan fingerprint density at radius 2 is 2.11 bits per heavy atom. The third kappa shape index (κ3) is 3.18. The van der Waals surface area contributed by atoms with Crippen LogP contribution in [-0.2, 0) is 11.2 Å². The van der Waals surface area contributed by atoms with Crippen molar-refractivity contribution in [1.82, 2.24) is 5.32 Å². The van der Waals surface area contributed by atoms with Crippen molar-refractivity contribution >= 4 is 15.9 Å². The van der Waals surface area contributed by atoms with Crippen molar-refractivity contribution in [3.8, 4) is 0 Å². The van der Waals surface area contributed by atoms with Gasteiger partial charge in [0.1, 0.15) is 5.82 Å². The zero-order chi connectivity index (χ0) is 13.9. The zero-order valence-corrected chi connectivity index (χ0v) is 13.1. The van der Waals surface area contributed by atoms with Gasteiger partial charge in [-0.1, -0.05) is 28.8 Å². The van der Waals surface area contributed by atoms with Gasteiger partial charge in [0, 0.05) is 17.6 Å². The molecule has 1 aliphatic rings. The molecule has 1 unspecified atom stereocenters. The molecule has 1 atom stereocenters. The maximum absolute atomic E-state index is 13.9. The Hall–Kier alpha value is -0.450. The Kier molecular flexibility index (Phi) is 4.98. The normalized spacial score (nSPS) is 19.6. The molecule has 0 aliphatic heterocycles. The summed E-state index contributed by atoms with van der Waals surface area (Å²) in [7, 11) is 3.70. The Morgan fingerprint density at radius 3 is 2.68 bits per heavy atom. The Labute approximate surface area is 122 Å². The standard InChI is InChI=1S/C15H21BrFNO/c1-18-14(15(19-2)7-3-4-8-15)10-11-9-12(16)5-6-13(11)17/h5-6,9,14,18H,3-4,7-8,10H2,1-2H3. The lowest BCUT2D eigenvalue weighted by molar-refractivity contribution is -0.0338. The van der Waals surface area contributed by atoms with E-state index in [-0.39, 0.29) is 17.5 Å². The quantitative estimate of drug-likeness (QED) is 0.889. The highest BCUT2D eigenvalue weighted by atomic mass is 79.9. The molecule has 4 heteroatoms. The van der Waals surface area contributed by atoms with Gasteiger partial charge in [-0.05, 0) is 50.1 Å². The lowest BCUT2D eigenvalue weighted by atomic mass is 9.87. The highest BCUT2D eigenvalue weighted by molar-refractivity contribution is 9.10. The van der Waals surface area contributed by atoms with Gasteiger partial charge < -0.3 is 10.1 Å². The van der Waals surface area contributed by atoms with Crippen molar-refractivity contribution in [2.24, 2.45) is 0 Å². The molecule has 0 amide bonds. The molecule has 19 heavy (non-hydrogen) atoms. The number of hydrogen-bond donors (Lipinski definition) is 1. The van der Waals surface area contributed by atoms with Crippen molar-refractivity contribution in [1.29, 1.82) is 0 Å². The van der Waals surface area contributed by atoms with Crippen LogP contribution in [0, 0.1) is 5.82 Å². The molecule has 2 rings (SSSR count). The average Bonchev–Trinajstić information content (AvgIpc) is 2.89. The van der Waals surface area contributed by atoms with Crippen LogP contribution < -0.4 is 5.32 Å². The second kappa shape index (κ2) is 6.33. The van der Waals surface area contributed by atoms with E-state index < -0.39 is 0 Å². The number of rotatable bonds is 5. The summed E-state index contributed by atoms with van der Waals surface area (Å²) < 4.78 is 20.6. The van der Waals surface area contributed by atoms with E-state index in [1.165, 1.54) is 18.9 Å². The third-order valence-electron chi connectivity index (χ3n) is 4.27. The van der Waals surface area contributed by atoms with Crippen LogP contribution in [-0.4, -0.2) is 25.8 Å². The van der Waals surface area contributed by atoms with E-state index in [9.17, 15) is 4.39 Å². The second-order valence-electron chi connectivity index (χ2n) is 5.26. The first-order valence-corrected chi connectivity index (χ1v) is 7.57. The van der Waals surface area contributed by atoms with Crippen LogP contribution in [0.15, 0.2) is 22.7 Å². The number of hydrogen-bond acceptors (Lipinski definition) is 2. The van der Waals surface area contributed by atoms with Crippen LogP contribution in [0.3, 0.4) is 0 Å². The van der Waals surface area contributed by atoms with Crippen LogP contribution in [0.25, 0.3) is 0 Å². The molecular weight excluding hydrogens is 309 g/mol. The fourth-order valence-corrected chi connectivity index (χ4v) is 3.55. The maximum Gasteiger partial charge on any atom is 0.126 e. The van der Waals surface area contributed by atoms with Crippen LogP contribution >= 0.6 is 15.9 Å². The van der Waals surface area contributed by atoms with Crippen molar-refractivity contribution in [3.05, 3.63) is 34.1 Å². The van der Waals surface area contributed by atoms with E-state index >= 15 is 0 Å². The minimum absolute atomic E-state index is 0.142. The summed E-state index contributed by atoms with van der Waals surface area (Å²) in [5.41, 5.74) is 0.584. The fraction of sp³-hybridized carbons (Fsp3) is 0.600. The Balaban J connectivity index is 2.21. The maximum atomic E-state index is 13.9. The van der Waals surface area contributed by atoms with Gasteiger partial charge in [0.2, 0.25) is 0 Å². The molecule has 1 aliphatic carbocycles. The smallest absolute Gasteiger partial charge is 0.126 e. The summed E-state index contributed by atoms with van der Waals surface area (Å²) in [6.45, 7) is 0. The predicted octanol–water partition coefficient (Wildman–Crippen LogP) is 3.68. The van der Waals surface area contributed by atoms with Gasteiger partial charge in [-0.15, -0.1) is 0 Å². The molecule has 0 spiro atoms. The van der Waals surface area contributed by atoms with Gasteiger partial charge in [-0.3, -0.25) is 0 Å². The van der Waals surface area contributed by atoms with E-state index in [0.717, 1.165) is 22.9 Å². The van der Waals surface area contributed by atoms with Gasteiger partial charge in [0.25, 0.3) is 0 Å². The van der Waals surface area contributed by atoms with Gasteiger partial charge in [0.15, 0.2) is 0 Å². The SMILES string of the molecule is CNC(Cc1cc(Br)ccc1F)C1(OC)CCCC1. The fourth-order valence-electron chi connectivity index (χ4n) is 3.14. The van der Waals surface area contributed by atoms with Gasteiger partial charge >= 0.3 is 0 Å². The summed E-state index contributed by atoms with van der Waals surface area (Å²) in [6.07, 6.45) is 5.12. The van der Waals surface area contributed by atoms with Crippen molar-refractivity contribution < 1.29 is 9.13 Å². The molecule has 0 saturated heterocycles. The topological polar surface area (TPSA) is 21.3 Å². The molecule has 1 aromatic carbocycles. The summed E-state index contributed by atoms with van der Waals surface area (Å²) in [5.74, 6) is -0.146. The molecule has 0 heterocycles. The minimum atomic E-state index is -0.149. The van der Waals surface area contributed by atoms with Gasteiger partial charge in [-0.2, -0.15) is 0 Å². The first kappa shape index (κ1) is 14.9. The lowest BCUT2D eigenvalue weighted by Gasteiger charge is -2.36. The molecule has 1 aromatic rings. The van der Waals surface area contributed by atoms with Crippen LogP contribution in [0.5, 0.6) is 0 Å². The highest BCUT2D eigenvalue weighted by Crippen LogP contribution is 2.37. The number of methoxy groups -OCH3 is 1. The molecule has 1 saturated carbocycles. The summed E-state index contributed by atoms with van der Waals surface area (Å²) in [5, 5.41) is 3.32. The highest BCUT2D eigenvalue weighted by Gasteiger charge is 2.41. The number of ether oxygens (including phenoxy) is 1. The van der Waals surface area contributed by atoms with Gasteiger partial charge in [0.05, 0.1) is 5.60 Å². The predicted molar refractivity (Wildman–Crippen MR) is 78.9 cm³/mol. The lowest BCUT2D eigenvalue weighted by Crippen LogP contribution is -2.50. The van der Waals surface area contributed by atoms with E-state index in [4.69, 9.17) is 4.74 Å². The van der Waals surface area contributed by atoms with Crippen LogP contribution in [0.2, 0.25) is 0 Å². The van der Waals surface area contributed by atoms with Crippen molar-refractivity contribution in [2.45, 2.75) is 43.7 Å². The number of likely N-dealkylation sites (N-methyl/N-ethyl adjacent to an activating group) is 1. The van der Waals surface area contributed by atoms with Gasteiger partial charge in [-0.25, -0.2) is 4.39 Å². The van der Waals surface area contributed by atoms with E-state index in [1.54, 1.807) is 13.2 Å². The number of nitrogens with one attached hydrogen (secondary N) is 1. The minimum Gasteiger partial charge on any atom is -0.377 e. The number of benzene rings is 1. The zero-order valence-electron chi connectivity index (χ0n) is 11.5. The van der Waals surface area contributed by atoms with E-state index in [2.05, 4.69) is 21.2 Å².